The van der Waals surface area contributed by atoms with Gasteiger partial charge in [0.05, 0.1) is 12.1 Å². The summed E-state index contributed by atoms with van der Waals surface area (Å²) >= 11 is 7.87. The van der Waals surface area contributed by atoms with E-state index in [4.69, 9.17) is 21.1 Å². The molecular formula is C33H35ClFN3O4S. The number of nitrogens with zero attached hydrogens (tertiary/aromatic N) is 2. The van der Waals surface area contributed by atoms with Crippen LogP contribution in [0, 0.1) is 5.82 Å². The van der Waals surface area contributed by atoms with Crippen molar-refractivity contribution in [3.8, 4) is 16.9 Å². The third kappa shape index (κ3) is 7.11. The van der Waals surface area contributed by atoms with E-state index < -0.39 is 17.5 Å². The Kier molecular flexibility index (Phi) is 9.22. The number of hydrogen-bond acceptors (Lipinski definition) is 6. The third-order valence-corrected chi connectivity index (χ3v) is 9.17. The van der Waals surface area contributed by atoms with Crippen molar-refractivity contribution < 1.29 is 23.5 Å². The van der Waals surface area contributed by atoms with Gasteiger partial charge in [0.2, 0.25) is 0 Å². The van der Waals surface area contributed by atoms with E-state index in [-0.39, 0.29) is 34.9 Å². The number of methoxy groups -OCH3 is 1. The van der Waals surface area contributed by atoms with Crippen LogP contribution in [0.3, 0.4) is 0 Å². The fourth-order valence-corrected chi connectivity index (χ4v) is 7.02. The lowest BCUT2D eigenvalue weighted by molar-refractivity contribution is 0.0453. The lowest BCUT2D eigenvalue weighted by Gasteiger charge is -2.37. The molecule has 7 nitrogen and oxygen atoms in total. The van der Waals surface area contributed by atoms with E-state index in [0.29, 0.717) is 41.0 Å². The van der Waals surface area contributed by atoms with Crippen LogP contribution in [0.2, 0.25) is 5.02 Å². The maximum absolute atomic E-state index is 14.7. The van der Waals surface area contributed by atoms with Crippen molar-refractivity contribution in [2.75, 3.05) is 7.11 Å². The molecule has 0 spiro atoms. The Labute approximate surface area is 260 Å². The van der Waals surface area contributed by atoms with Gasteiger partial charge in [0.25, 0.3) is 5.91 Å². The molecule has 1 aliphatic rings. The van der Waals surface area contributed by atoms with Gasteiger partial charge >= 0.3 is 6.09 Å². The number of ether oxygens (including phenoxy) is 2. The van der Waals surface area contributed by atoms with Crippen molar-refractivity contribution in [1.29, 1.82) is 0 Å². The highest BCUT2D eigenvalue weighted by Crippen LogP contribution is 2.39. The molecule has 0 unspecified atom stereocenters. The quantitative estimate of drug-likeness (QED) is 0.224. The highest BCUT2D eigenvalue weighted by Gasteiger charge is 2.33. The lowest BCUT2D eigenvalue weighted by Crippen LogP contribution is -2.46. The number of carbonyl (C=O) groups is 2. The summed E-state index contributed by atoms with van der Waals surface area (Å²) in [5.74, 6) is -0.0638. The molecule has 0 radical (unpaired) electrons. The van der Waals surface area contributed by atoms with Crippen LogP contribution in [0.15, 0.2) is 60.9 Å². The standard InChI is InChI=1S/C33H35ClFN3O4S/c1-33(2,3)42-32(40)37-23-11-13-24(14-12-23)38(31(39)30-29(34)28-25(35)8-5-9-27(28)43-30)19-22-17-20(10-15-26(22)41-4)21-7-6-16-36-18-21/h5-10,15-18,23-24H,11-14,19H2,1-4H3,(H,37,40)/t23-,24-. The zero-order chi connectivity index (χ0) is 30.7. The molecule has 0 saturated heterocycles. The van der Waals surface area contributed by atoms with Gasteiger partial charge in [0, 0.05) is 52.2 Å². The summed E-state index contributed by atoms with van der Waals surface area (Å²) in [5, 5.41) is 3.36. The molecule has 1 N–H and O–H groups in total. The molecule has 0 atom stereocenters. The van der Waals surface area contributed by atoms with Crippen LogP contribution in [-0.4, -0.2) is 46.7 Å². The van der Waals surface area contributed by atoms with E-state index in [0.717, 1.165) is 16.7 Å². The summed E-state index contributed by atoms with van der Waals surface area (Å²) in [6.07, 6.45) is 5.74. The fourth-order valence-electron chi connectivity index (χ4n) is 5.51. The second-order valence-corrected chi connectivity index (χ2v) is 13.1. The van der Waals surface area contributed by atoms with Crippen LogP contribution in [0.4, 0.5) is 9.18 Å². The Morgan fingerprint density at radius 1 is 1.09 bits per heavy atom. The lowest BCUT2D eigenvalue weighted by atomic mass is 9.89. The summed E-state index contributed by atoms with van der Waals surface area (Å²) in [7, 11) is 1.61. The van der Waals surface area contributed by atoms with Crippen molar-refractivity contribution in [1.82, 2.24) is 15.2 Å². The summed E-state index contributed by atoms with van der Waals surface area (Å²) in [6, 6.07) is 14.3. The van der Waals surface area contributed by atoms with E-state index in [1.54, 1.807) is 31.6 Å². The first kappa shape index (κ1) is 30.8. The molecule has 1 aliphatic carbocycles. The highest BCUT2D eigenvalue weighted by molar-refractivity contribution is 7.21. The predicted molar refractivity (Wildman–Crippen MR) is 168 cm³/mol. The fraction of sp³-hybridized carbons (Fsp3) is 0.364. The zero-order valence-electron chi connectivity index (χ0n) is 24.7. The van der Waals surface area contributed by atoms with Gasteiger partial charge in [0.15, 0.2) is 0 Å². The van der Waals surface area contributed by atoms with Gasteiger partial charge in [-0.1, -0.05) is 29.8 Å². The first-order valence-electron chi connectivity index (χ1n) is 14.3. The number of aromatic nitrogens is 1. The minimum atomic E-state index is -0.586. The van der Waals surface area contributed by atoms with E-state index in [9.17, 15) is 14.0 Å². The van der Waals surface area contributed by atoms with Crippen LogP contribution in [0.25, 0.3) is 21.2 Å². The van der Waals surface area contributed by atoms with Crippen molar-refractivity contribution in [2.45, 2.75) is 70.7 Å². The first-order valence-corrected chi connectivity index (χ1v) is 15.5. The Balaban J connectivity index is 1.45. The zero-order valence-corrected chi connectivity index (χ0v) is 26.2. The largest absolute Gasteiger partial charge is 0.496 e. The number of benzene rings is 2. The molecule has 2 aromatic heterocycles. The molecule has 1 saturated carbocycles. The number of halogens is 2. The van der Waals surface area contributed by atoms with Crippen molar-refractivity contribution >= 4 is 45.0 Å². The molecule has 0 bridgehead atoms. The highest BCUT2D eigenvalue weighted by atomic mass is 35.5. The van der Waals surface area contributed by atoms with Gasteiger partial charge in [-0.05, 0) is 82.3 Å². The van der Waals surface area contributed by atoms with Gasteiger partial charge < -0.3 is 19.7 Å². The number of carbonyl (C=O) groups excluding carboxylic acids is 2. The molecule has 10 heteroatoms. The second kappa shape index (κ2) is 12.9. The normalized spacial score (nSPS) is 17.0. The molecule has 226 valence electrons. The monoisotopic (exact) mass is 623 g/mol. The van der Waals surface area contributed by atoms with Crippen LogP contribution in [0.1, 0.15) is 61.7 Å². The number of hydrogen-bond donors (Lipinski definition) is 1. The minimum Gasteiger partial charge on any atom is -0.496 e. The summed E-state index contributed by atoms with van der Waals surface area (Å²) in [6.45, 7) is 5.75. The van der Waals surface area contributed by atoms with Crippen LogP contribution in [-0.2, 0) is 11.3 Å². The number of pyridine rings is 1. The molecule has 2 amide bonds. The van der Waals surface area contributed by atoms with E-state index in [1.807, 2.05) is 56.0 Å². The molecular weight excluding hydrogens is 589 g/mol. The molecule has 2 aromatic carbocycles. The number of amides is 2. The van der Waals surface area contributed by atoms with Crippen LogP contribution < -0.4 is 10.1 Å². The van der Waals surface area contributed by atoms with Gasteiger partial charge in [-0.2, -0.15) is 0 Å². The third-order valence-electron chi connectivity index (χ3n) is 7.54. The van der Waals surface area contributed by atoms with Crippen molar-refractivity contribution in [3.63, 3.8) is 0 Å². The summed E-state index contributed by atoms with van der Waals surface area (Å²) in [5.41, 5.74) is 2.14. The van der Waals surface area contributed by atoms with Gasteiger partial charge in [-0.25, -0.2) is 9.18 Å². The van der Waals surface area contributed by atoms with E-state index in [1.165, 1.54) is 17.4 Å². The Morgan fingerprint density at radius 3 is 2.51 bits per heavy atom. The molecule has 1 fully saturated rings. The number of alkyl carbamates (subject to hydrolysis) is 1. The van der Waals surface area contributed by atoms with Crippen LogP contribution in [0.5, 0.6) is 5.75 Å². The average Bonchev–Trinajstić information content (AvgIpc) is 3.32. The molecule has 5 rings (SSSR count). The molecule has 2 heterocycles. The number of thiophene rings is 1. The molecule has 4 aromatic rings. The first-order chi connectivity index (χ1) is 20.5. The minimum absolute atomic E-state index is 0.0616. The average molecular weight is 624 g/mol. The van der Waals surface area contributed by atoms with E-state index >= 15 is 0 Å². The Bertz CT molecular complexity index is 1610. The summed E-state index contributed by atoms with van der Waals surface area (Å²) < 4.78 is 26.5. The number of fused-ring (bicyclic) bond motifs is 1. The maximum Gasteiger partial charge on any atom is 0.407 e. The van der Waals surface area contributed by atoms with Crippen molar-refractivity contribution in [2.24, 2.45) is 0 Å². The smallest absolute Gasteiger partial charge is 0.407 e. The number of nitrogens with one attached hydrogen (secondary N) is 1. The maximum atomic E-state index is 14.7. The van der Waals surface area contributed by atoms with Gasteiger partial charge in [-0.15, -0.1) is 11.3 Å². The second-order valence-electron chi connectivity index (χ2n) is 11.7. The Morgan fingerprint density at radius 2 is 1.86 bits per heavy atom. The molecule has 43 heavy (non-hydrogen) atoms. The van der Waals surface area contributed by atoms with E-state index in [2.05, 4.69) is 10.3 Å². The number of rotatable bonds is 7. The Hall–Kier alpha value is -3.69. The van der Waals surface area contributed by atoms with Crippen molar-refractivity contribution in [3.05, 3.63) is 82.2 Å². The van der Waals surface area contributed by atoms with Gasteiger partial charge in [0.1, 0.15) is 22.0 Å². The topological polar surface area (TPSA) is 80.8 Å². The SMILES string of the molecule is COc1ccc(-c2cccnc2)cc1CN(C(=O)c1sc2cccc(F)c2c1Cl)[C@H]1CC[C@H](NC(=O)OC(C)(C)C)CC1. The van der Waals surface area contributed by atoms with Crippen LogP contribution >= 0.6 is 22.9 Å². The summed E-state index contributed by atoms with van der Waals surface area (Å²) in [4.78, 5) is 33.1. The van der Waals surface area contributed by atoms with Gasteiger partial charge in [-0.3, -0.25) is 9.78 Å². The molecule has 0 aliphatic heterocycles. The predicted octanol–water partition coefficient (Wildman–Crippen LogP) is 8.24.